The van der Waals surface area contributed by atoms with Gasteiger partial charge in [0, 0.05) is 11.6 Å². The van der Waals surface area contributed by atoms with Crippen molar-refractivity contribution in [3.8, 4) is 0 Å². The fraction of sp³-hybridized carbons (Fsp3) is 0.562. The van der Waals surface area contributed by atoms with E-state index >= 15 is 0 Å². The summed E-state index contributed by atoms with van der Waals surface area (Å²) in [6, 6.07) is 4.20. The Hall–Kier alpha value is -1.17. The predicted octanol–water partition coefficient (Wildman–Crippen LogP) is 3.31. The Morgan fingerprint density at radius 1 is 1.55 bits per heavy atom. The van der Waals surface area contributed by atoms with Gasteiger partial charge in [-0.15, -0.1) is 0 Å². The summed E-state index contributed by atoms with van der Waals surface area (Å²) in [6.07, 6.45) is 4.68. The Bertz CT molecular complexity index is 507. The molecule has 0 aromatic heterocycles. The van der Waals surface area contributed by atoms with Crippen LogP contribution in [0.1, 0.15) is 25.7 Å². The zero-order chi connectivity index (χ0) is 15.9. The standard InChI is InChI=1S/C16H22ClFN2O2/c1-20(8-2-4-13-5-3-9-22-13)11-16(21)19-15-7-6-12(17)10-14(15)18/h6-7,10,13H,2-5,8-9,11H2,1H3,(H,19,21). The lowest BCUT2D eigenvalue weighted by atomic mass is 10.1. The number of anilines is 1. The predicted molar refractivity (Wildman–Crippen MR) is 85.7 cm³/mol. The van der Waals surface area contributed by atoms with Crippen molar-refractivity contribution in [2.75, 3.05) is 32.1 Å². The van der Waals surface area contributed by atoms with Gasteiger partial charge < -0.3 is 10.1 Å². The van der Waals surface area contributed by atoms with E-state index in [0.29, 0.717) is 11.1 Å². The Labute approximate surface area is 135 Å². The van der Waals surface area contributed by atoms with Crippen molar-refractivity contribution in [2.24, 2.45) is 0 Å². The van der Waals surface area contributed by atoms with Gasteiger partial charge in [-0.25, -0.2) is 4.39 Å². The van der Waals surface area contributed by atoms with Crippen LogP contribution < -0.4 is 5.32 Å². The van der Waals surface area contributed by atoms with Gasteiger partial charge in [0.1, 0.15) is 5.82 Å². The minimum absolute atomic E-state index is 0.155. The molecule has 1 aromatic rings. The van der Waals surface area contributed by atoms with E-state index in [9.17, 15) is 9.18 Å². The molecule has 1 aliphatic rings. The first-order valence-corrected chi connectivity index (χ1v) is 7.97. The molecule has 1 unspecified atom stereocenters. The summed E-state index contributed by atoms with van der Waals surface area (Å²) in [4.78, 5) is 13.8. The van der Waals surface area contributed by atoms with E-state index in [1.54, 1.807) is 6.07 Å². The van der Waals surface area contributed by atoms with E-state index in [-0.39, 0.29) is 18.1 Å². The number of benzene rings is 1. The lowest BCUT2D eigenvalue weighted by Gasteiger charge is -2.17. The number of carbonyl (C=O) groups is 1. The van der Waals surface area contributed by atoms with Crippen LogP contribution in [0.5, 0.6) is 0 Å². The van der Waals surface area contributed by atoms with Crippen LogP contribution in [0.3, 0.4) is 0 Å². The van der Waals surface area contributed by atoms with Crippen molar-refractivity contribution in [1.82, 2.24) is 4.90 Å². The molecule has 1 aromatic carbocycles. The Kier molecular flexibility index (Phi) is 6.61. The van der Waals surface area contributed by atoms with Crippen LogP contribution in [0.15, 0.2) is 18.2 Å². The third-order valence-corrected chi connectivity index (χ3v) is 3.94. The zero-order valence-electron chi connectivity index (χ0n) is 12.8. The highest BCUT2D eigenvalue weighted by atomic mass is 35.5. The van der Waals surface area contributed by atoms with Gasteiger partial charge in [-0.3, -0.25) is 9.69 Å². The minimum Gasteiger partial charge on any atom is -0.378 e. The Morgan fingerprint density at radius 3 is 3.05 bits per heavy atom. The molecule has 1 saturated heterocycles. The van der Waals surface area contributed by atoms with Crippen molar-refractivity contribution in [1.29, 1.82) is 0 Å². The number of likely N-dealkylation sites (N-methyl/N-ethyl adjacent to an activating group) is 1. The maximum absolute atomic E-state index is 13.6. The summed E-state index contributed by atoms with van der Waals surface area (Å²) >= 11 is 5.68. The van der Waals surface area contributed by atoms with Gasteiger partial charge >= 0.3 is 0 Å². The number of hydrogen-bond donors (Lipinski definition) is 1. The maximum Gasteiger partial charge on any atom is 0.238 e. The van der Waals surface area contributed by atoms with Crippen molar-refractivity contribution in [3.63, 3.8) is 0 Å². The van der Waals surface area contributed by atoms with Gasteiger partial charge in [0.15, 0.2) is 0 Å². The molecule has 1 amide bonds. The van der Waals surface area contributed by atoms with Gasteiger partial charge in [0.2, 0.25) is 5.91 Å². The van der Waals surface area contributed by atoms with E-state index in [1.807, 2.05) is 11.9 Å². The number of nitrogens with zero attached hydrogens (tertiary/aromatic N) is 1. The van der Waals surface area contributed by atoms with E-state index in [1.165, 1.54) is 12.1 Å². The quantitative estimate of drug-likeness (QED) is 0.835. The fourth-order valence-electron chi connectivity index (χ4n) is 2.57. The topological polar surface area (TPSA) is 41.6 Å². The van der Waals surface area contributed by atoms with Crippen LogP contribution in [0.4, 0.5) is 10.1 Å². The van der Waals surface area contributed by atoms with Crippen molar-refractivity contribution in [2.45, 2.75) is 31.8 Å². The smallest absolute Gasteiger partial charge is 0.238 e. The molecule has 1 heterocycles. The molecule has 0 bridgehead atoms. The average molecular weight is 329 g/mol. The molecule has 0 aliphatic carbocycles. The molecule has 4 nitrogen and oxygen atoms in total. The molecule has 0 saturated carbocycles. The number of halogens is 2. The molecule has 0 radical (unpaired) electrons. The monoisotopic (exact) mass is 328 g/mol. The molecule has 1 N–H and O–H groups in total. The summed E-state index contributed by atoms with van der Waals surface area (Å²) in [5.74, 6) is -0.761. The van der Waals surface area contributed by atoms with Crippen LogP contribution in [-0.4, -0.2) is 43.7 Å². The molecule has 22 heavy (non-hydrogen) atoms. The molecule has 122 valence electrons. The van der Waals surface area contributed by atoms with Gasteiger partial charge in [0.05, 0.1) is 18.3 Å². The van der Waals surface area contributed by atoms with Crippen molar-refractivity contribution >= 4 is 23.2 Å². The van der Waals surface area contributed by atoms with E-state index < -0.39 is 5.82 Å². The van der Waals surface area contributed by atoms with Gasteiger partial charge in [-0.2, -0.15) is 0 Å². The number of ether oxygens (including phenoxy) is 1. The normalized spacial score (nSPS) is 17.9. The molecule has 1 fully saturated rings. The molecule has 6 heteroatoms. The summed E-state index contributed by atoms with van der Waals surface area (Å²) in [5.41, 5.74) is 0.155. The van der Waals surface area contributed by atoms with Crippen LogP contribution in [-0.2, 0) is 9.53 Å². The third-order valence-electron chi connectivity index (χ3n) is 3.71. The number of carbonyl (C=O) groups excluding carboxylic acids is 1. The largest absolute Gasteiger partial charge is 0.378 e. The summed E-state index contributed by atoms with van der Waals surface area (Å²) < 4.78 is 19.2. The molecule has 1 aliphatic heterocycles. The highest BCUT2D eigenvalue weighted by molar-refractivity contribution is 6.30. The molecule has 2 rings (SSSR count). The summed E-state index contributed by atoms with van der Waals surface area (Å²) in [6.45, 7) is 1.92. The summed E-state index contributed by atoms with van der Waals surface area (Å²) in [7, 11) is 1.88. The first-order valence-electron chi connectivity index (χ1n) is 7.59. The Morgan fingerprint density at radius 2 is 2.36 bits per heavy atom. The average Bonchev–Trinajstić information content (AvgIpc) is 2.95. The lowest BCUT2D eigenvalue weighted by molar-refractivity contribution is -0.117. The van der Waals surface area contributed by atoms with Crippen LogP contribution in [0.2, 0.25) is 5.02 Å². The summed E-state index contributed by atoms with van der Waals surface area (Å²) in [5, 5.41) is 2.87. The van der Waals surface area contributed by atoms with Gasteiger partial charge in [-0.05, 0) is 57.5 Å². The SMILES string of the molecule is CN(CCCC1CCCO1)CC(=O)Nc1ccc(Cl)cc1F. The van der Waals surface area contributed by atoms with Crippen molar-refractivity contribution < 1.29 is 13.9 Å². The van der Waals surface area contributed by atoms with Crippen LogP contribution in [0, 0.1) is 5.82 Å². The highest BCUT2D eigenvalue weighted by Gasteiger charge is 2.15. The molecular weight excluding hydrogens is 307 g/mol. The number of rotatable bonds is 7. The first kappa shape index (κ1) is 17.2. The van der Waals surface area contributed by atoms with Gasteiger partial charge in [-0.1, -0.05) is 11.6 Å². The second kappa shape index (κ2) is 8.46. The highest BCUT2D eigenvalue weighted by Crippen LogP contribution is 2.19. The number of nitrogens with one attached hydrogen (secondary N) is 1. The van der Waals surface area contributed by atoms with Gasteiger partial charge in [0.25, 0.3) is 0 Å². The third kappa shape index (κ3) is 5.55. The van der Waals surface area contributed by atoms with Crippen LogP contribution in [0.25, 0.3) is 0 Å². The minimum atomic E-state index is -0.526. The second-order valence-electron chi connectivity index (χ2n) is 5.69. The first-order chi connectivity index (χ1) is 10.5. The second-order valence-corrected chi connectivity index (χ2v) is 6.12. The number of hydrogen-bond acceptors (Lipinski definition) is 3. The van der Waals surface area contributed by atoms with Crippen LogP contribution >= 0.6 is 11.6 Å². The van der Waals surface area contributed by atoms with Crippen molar-refractivity contribution in [3.05, 3.63) is 29.0 Å². The molecular formula is C16H22ClFN2O2. The van der Waals surface area contributed by atoms with E-state index in [4.69, 9.17) is 16.3 Å². The lowest BCUT2D eigenvalue weighted by Crippen LogP contribution is -2.31. The molecule has 1 atom stereocenters. The number of amides is 1. The van der Waals surface area contributed by atoms with E-state index in [0.717, 1.165) is 38.8 Å². The Balaban J connectivity index is 1.69. The van der Waals surface area contributed by atoms with E-state index in [2.05, 4.69) is 5.32 Å². The fourth-order valence-corrected chi connectivity index (χ4v) is 2.72. The maximum atomic E-state index is 13.6. The zero-order valence-corrected chi connectivity index (χ0v) is 13.5. The molecule has 0 spiro atoms.